The lowest BCUT2D eigenvalue weighted by Crippen LogP contribution is -2.16. The standard InChI is InChI=1S/C9H13N3S/c1-3-11(2)6-8-7-12-4-5-13-9(12)10-8/h4-5,7H,3,6H2,1-2H3. The summed E-state index contributed by atoms with van der Waals surface area (Å²) in [5.41, 5.74) is 1.15. The monoisotopic (exact) mass is 195 g/mol. The van der Waals surface area contributed by atoms with Gasteiger partial charge in [0, 0.05) is 24.3 Å². The minimum Gasteiger partial charge on any atom is -0.301 e. The van der Waals surface area contributed by atoms with E-state index in [1.165, 1.54) is 0 Å². The molecule has 0 atom stereocenters. The van der Waals surface area contributed by atoms with Crippen molar-refractivity contribution in [3.05, 3.63) is 23.5 Å². The van der Waals surface area contributed by atoms with Crippen LogP contribution in [0.25, 0.3) is 4.96 Å². The molecule has 2 aromatic heterocycles. The number of imidazole rings is 1. The van der Waals surface area contributed by atoms with Gasteiger partial charge >= 0.3 is 0 Å². The second-order valence-corrected chi connectivity index (χ2v) is 4.03. The van der Waals surface area contributed by atoms with Gasteiger partial charge in [0.1, 0.15) is 0 Å². The lowest BCUT2D eigenvalue weighted by atomic mass is 10.4. The molecule has 70 valence electrons. The Hall–Kier alpha value is -0.870. The Labute approximate surface area is 81.6 Å². The Morgan fingerprint density at radius 1 is 1.62 bits per heavy atom. The van der Waals surface area contributed by atoms with Crippen molar-refractivity contribution < 1.29 is 0 Å². The van der Waals surface area contributed by atoms with Gasteiger partial charge in [-0.2, -0.15) is 0 Å². The molecule has 0 aromatic carbocycles. The molecule has 4 heteroatoms. The van der Waals surface area contributed by atoms with E-state index in [0.29, 0.717) is 0 Å². The largest absolute Gasteiger partial charge is 0.301 e. The van der Waals surface area contributed by atoms with Crippen molar-refractivity contribution >= 4 is 16.3 Å². The molecular weight excluding hydrogens is 182 g/mol. The summed E-state index contributed by atoms with van der Waals surface area (Å²) in [6, 6.07) is 0. The summed E-state index contributed by atoms with van der Waals surface area (Å²) >= 11 is 1.68. The fraction of sp³-hybridized carbons (Fsp3) is 0.444. The lowest BCUT2D eigenvalue weighted by Gasteiger charge is -2.10. The topological polar surface area (TPSA) is 20.5 Å². The van der Waals surface area contributed by atoms with Crippen LogP contribution < -0.4 is 0 Å². The highest BCUT2D eigenvalue weighted by Gasteiger charge is 2.03. The fourth-order valence-corrected chi connectivity index (χ4v) is 1.96. The molecule has 0 saturated heterocycles. The molecule has 0 spiro atoms. The average molecular weight is 195 g/mol. The van der Waals surface area contributed by atoms with Crippen LogP contribution in [0.2, 0.25) is 0 Å². The highest BCUT2D eigenvalue weighted by molar-refractivity contribution is 7.15. The summed E-state index contributed by atoms with van der Waals surface area (Å²) < 4.78 is 2.07. The number of hydrogen-bond acceptors (Lipinski definition) is 3. The first kappa shape index (κ1) is 8.72. The van der Waals surface area contributed by atoms with E-state index >= 15 is 0 Å². The van der Waals surface area contributed by atoms with Gasteiger partial charge in [-0.1, -0.05) is 6.92 Å². The van der Waals surface area contributed by atoms with E-state index in [2.05, 4.69) is 39.8 Å². The van der Waals surface area contributed by atoms with Crippen LogP contribution in [0.5, 0.6) is 0 Å². The zero-order valence-corrected chi connectivity index (χ0v) is 8.71. The maximum Gasteiger partial charge on any atom is 0.193 e. The Kier molecular flexibility index (Phi) is 2.33. The predicted molar refractivity (Wildman–Crippen MR) is 55.1 cm³/mol. The first-order chi connectivity index (χ1) is 6.29. The quantitative estimate of drug-likeness (QED) is 0.745. The zero-order chi connectivity index (χ0) is 9.26. The molecule has 0 amide bonds. The Balaban J connectivity index is 2.20. The summed E-state index contributed by atoms with van der Waals surface area (Å²) in [6.45, 7) is 4.15. The molecule has 0 N–H and O–H groups in total. The van der Waals surface area contributed by atoms with Crippen molar-refractivity contribution in [2.75, 3.05) is 13.6 Å². The summed E-state index contributed by atoms with van der Waals surface area (Å²) in [5, 5.41) is 2.05. The third-order valence-electron chi connectivity index (χ3n) is 2.11. The second kappa shape index (κ2) is 3.47. The maximum absolute atomic E-state index is 4.50. The molecule has 2 aromatic rings. The summed E-state index contributed by atoms with van der Waals surface area (Å²) in [4.78, 5) is 7.83. The van der Waals surface area contributed by atoms with E-state index in [-0.39, 0.29) is 0 Å². The van der Waals surface area contributed by atoms with Gasteiger partial charge in [-0.3, -0.25) is 4.40 Å². The summed E-state index contributed by atoms with van der Waals surface area (Å²) in [5.74, 6) is 0. The maximum atomic E-state index is 4.50. The number of aromatic nitrogens is 2. The van der Waals surface area contributed by atoms with E-state index in [0.717, 1.165) is 23.7 Å². The highest BCUT2D eigenvalue weighted by Crippen LogP contribution is 2.12. The van der Waals surface area contributed by atoms with Gasteiger partial charge in [-0.05, 0) is 13.6 Å². The van der Waals surface area contributed by atoms with Crippen molar-refractivity contribution in [1.82, 2.24) is 14.3 Å². The minimum absolute atomic E-state index is 0.935. The van der Waals surface area contributed by atoms with Crippen LogP contribution in [0.4, 0.5) is 0 Å². The van der Waals surface area contributed by atoms with Crippen LogP contribution in [-0.4, -0.2) is 27.9 Å². The molecule has 0 fully saturated rings. The molecular formula is C9H13N3S. The summed E-state index contributed by atoms with van der Waals surface area (Å²) in [7, 11) is 2.10. The predicted octanol–water partition coefficient (Wildman–Crippen LogP) is 1.85. The Morgan fingerprint density at radius 3 is 3.15 bits per heavy atom. The second-order valence-electron chi connectivity index (χ2n) is 3.16. The van der Waals surface area contributed by atoms with Crippen LogP contribution >= 0.6 is 11.3 Å². The molecule has 0 saturated carbocycles. The molecule has 0 unspecified atom stereocenters. The molecule has 0 aliphatic heterocycles. The zero-order valence-electron chi connectivity index (χ0n) is 7.90. The highest BCUT2D eigenvalue weighted by atomic mass is 32.1. The van der Waals surface area contributed by atoms with Crippen LogP contribution in [-0.2, 0) is 6.54 Å². The normalized spacial score (nSPS) is 11.6. The summed E-state index contributed by atoms with van der Waals surface area (Å²) in [6.07, 6.45) is 4.14. The molecule has 2 rings (SSSR count). The molecule has 0 radical (unpaired) electrons. The van der Waals surface area contributed by atoms with Crippen molar-refractivity contribution in [3.63, 3.8) is 0 Å². The van der Waals surface area contributed by atoms with E-state index in [9.17, 15) is 0 Å². The van der Waals surface area contributed by atoms with Crippen LogP contribution in [0.15, 0.2) is 17.8 Å². The van der Waals surface area contributed by atoms with Gasteiger partial charge in [-0.15, -0.1) is 11.3 Å². The fourth-order valence-electron chi connectivity index (χ4n) is 1.24. The van der Waals surface area contributed by atoms with Crippen LogP contribution in [0.3, 0.4) is 0 Å². The van der Waals surface area contributed by atoms with Gasteiger partial charge in [0.25, 0.3) is 0 Å². The van der Waals surface area contributed by atoms with Gasteiger partial charge in [-0.25, -0.2) is 4.98 Å². The molecule has 13 heavy (non-hydrogen) atoms. The first-order valence-electron chi connectivity index (χ1n) is 4.39. The number of fused-ring (bicyclic) bond motifs is 1. The van der Waals surface area contributed by atoms with E-state index in [4.69, 9.17) is 0 Å². The third-order valence-corrected chi connectivity index (χ3v) is 2.89. The van der Waals surface area contributed by atoms with Gasteiger partial charge < -0.3 is 4.90 Å². The minimum atomic E-state index is 0.935. The number of nitrogens with zero attached hydrogens (tertiary/aromatic N) is 3. The van der Waals surface area contributed by atoms with E-state index in [1.807, 2.05) is 6.20 Å². The molecule has 0 aliphatic rings. The average Bonchev–Trinajstić information content (AvgIpc) is 2.63. The number of hydrogen-bond donors (Lipinski definition) is 0. The van der Waals surface area contributed by atoms with Crippen molar-refractivity contribution in [3.8, 4) is 0 Å². The molecule has 3 nitrogen and oxygen atoms in total. The van der Waals surface area contributed by atoms with Crippen LogP contribution in [0.1, 0.15) is 12.6 Å². The Morgan fingerprint density at radius 2 is 2.46 bits per heavy atom. The molecule has 2 heterocycles. The van der Waals surface area contributed by atoms with Gasteiger partial charge in [0.15, 0.2) is 4.96 Å². The number of thiazole rings is 1. The van der Waals surface area contributed by atoms with Crippen molar-refractivity contribution in [2.24, 2.45) is 0 Å². The van der Waals surface area contributed by atoms with E-state index in [1.54, 1.807) is 11.3 Å². The molecule has 0 aliphatic carbocycles. The van der Waals surface area contributed by atoms with E-state index < -0.39 is 0 Å². The van der Waals surface area contributed by atoms with Gasteiger partial charge in [0.05, 0.1) is 5.69 Å². The van der Waals surface area contributed by atoms with Gasteiger partial charge in [0.2, 0.25) is 0 Å². The molecule has 0 bridgehead atoms. The Bertz CT molecular complexity index is 362. The lowest BCUT2D eigenvalue weighted by molar-refractivity contribution is 0.342. The van der Waals surface area contributed by atoms with Crippen molar-refractivity contribution in [2.45, 2.75) is 13.5 Å². The third kappa shape index (κ3) is 1.73. The number of rotatable bonds is 3. The smallest absolute Gasteiger partial charge is 0.193 e. The van der Waals surface area contributed by atoms with Crippen molar-refractivity contribution in [1.29, 1.82) is 0 Å². The first-order valence-corrected chi connectivity index (χ1v) is 5.27. The van der Waals surface area contributed by atoms with Crippen LogP contribution in [0, 0.1) is 0 Å². The SMILES string of the molecule is CCN(C)Cc1cn2ccsc2n1.